The van der Waals surface area contributed by atoms with Gasteiger partial charge in [-0.15, -0.1) is 11.3 Å². The van der Waals surface area contributed by atoms with Crippen molar-refractivity contribution in [3.8, 4) is 0 Å². The number of anilines is 2. The Kier molecular flexibility index (Phi) is 6.76. The van der Waals surface area contributed by atoms with Crippen LogP contribution in [0.1, 0.15) is 27.2 Å². The highest BCUT2D eigenvalue weighted by Gasteiger charge is 2.34. The molecule has 0 atom stereocenters. The minimum atomic E-state index is -4.60. The van der Waals surface area contributed by atoms with Gasteiger partial charge in [0.2, 0.25) is 0 Å². The number of amides is 1. The van der Waals surface area contributed by atoms with Crippen molar-refractivity contribution in [2.45, 2.75) is 19.1 Å². The number of carbonyl (C=O) groups excluding carboxylic acids is 1. The maximum absolute atomic E-state index is 13.2. The Morgan fingerprint density at radius 2 is 1.88 bits per heavy atom. The van der Waals surface area contributed by atoms with Crippen molar-refractivity contribution in [2.24, 2.45) is 0 Å². The number of alkyl halides is 3. The lowest BCUT2D eigenvalue weighted by Gasteiger charge is -2.22. The fraction of sp³-hybridized carbons (Fsp3) is 0.304. The average Bonchev–Trinajstić information content (AvgIpc) is 3.18. The van der Waals surface area contributed by atoms with E-state index in [0.29, 0.717) is 5.69 Å². The summed E-state index contributed by atoms with van der Waals surface area (Å²) in [6.45, 7) is 4.60. The van der Waals surface area contributed by atoms with Gasteiger partial charge in [0.15, 0.2) is 0 Å². The van der Waals surface area contributed by atoms with Crippen LogP contribution in [0, 0.1) is 0 Å². The molecule has 3 aromatic rings. The van der Waals surface area contributed by atoms with E-state index in [4.69, 9.17) is 0 Å². The van der Waals surface area contributed by atoms with E-state index < -0.39 is 23.2 Å². The third-order valence-electron chi connectivity index (χ3n) is 5.35. The number of hydrogen-bond acceptors (Lipinski definition) is 5. The number of carbonyl (C=O) groups is 1. The predicted octanol–water partition coefficient (Wildman–Crippen LogP) is 5.13. The monoisotopic (exact) mass is 460 g/mol. The van der Waals surface area contributed by atoms with Crippen LogP contribution in [0.4, 0.5) is 24.7 Å². The molecule has 32 heavy (non-hydrogen) atoms. The zero-order chi connectivity index (χ0) is 22.6. The molecule has 0 spiro atoms. The Hall–Kier alpha value is -2.91. The molecule has 1 aromatic carbocycles. The number of nitrogens with one attached hydrogen (secondary N) is 1. The molecule has 2 aromatic heterocycles. The molecule has 0 unspecified atom stereocenters. The Morgan fingerprint density at radius 3 is 2.59 bits per heavy atom. The van der Waals surface area contributed by atoms with E-state index >= 15 is 0 Å². The van der Waals surface area contributed by atoms with Gasteiger partial charge in [0.1, 0.15) is 5.82 Å². The van der Waals surface area contributed by atoms with Gasteiger partial charge in [0.25, 0.3) is 5.91 Å². The number of nitrogens with zero attached hydrogens (tertiary/aromatic N) is 3. The van der Waals surface area contributed by atoms with Gasteiger partial charge in [-0.1, -0.05) is 18.2 Å². The molecule has 1 amide bonds. The first-order valence-corrected chi connectivity index (χ1v) is 11.2. The highest BCUT2D eigenvalue weighted by molar-refractivity contribution is 7.09. The van der Waals surface area contributed by atoms with Crippen LogP contribution in [-0.2, 0) is 12.7 Å². The lowest BCUT2D eigenvalue weighted by molar-refractivity contribution is -0.137. The van der Waals surface area contributed by atoms with Gasteiger partial charge >= 0.3 is 6.18 Å². The number of benzene rings is 1. The van der Waals surface area contributed by atoms with Gasteiger partial charge < -0.3 is 10.2 Å². The standard InChI is InChI=1S/C23H23F3N4OS/c24-23(25,26)20-7-2-1-6-19(20)22(31)28-17-8-9-21(27-15-17)30-11-4-10-29(12-13-30)16-18-5-3-14-32-18/h1-3,5-9,14-15H,4,10-13,16H2,(H,28,31). The number of halogens is 3. The molecule has 0 radical (unpaired) electrons. The lowest BCUT2D eigenvalue weighted by atomic mass is 10.1. The van der Waals surface area contributed by atoms with Crippen LogP contribution in [0.25, 0.3) is 0 Å². The Balaban J connectivity index is 1.38. The van der Waals surface area contributed by atoms with Crippen LogP contribution in [0.5, 0.6) is 0 Å². The second-order valence-electron chi connectivity index (χ2n) is 7.60. The van der Waals surface area contributed by atoms with Crippen molar-refractivity contribution < 1.29 is 18.0 Å². The normalized spacial score (nSPS) is 15.4. The highest BCUT2D eigenvalue weighted by atomic mass is 32.1. The van der Waals surface area contributed by atoms with Crippen molar-refractivity contribution in [3.05, 3.63) is 76.1 Å². The van der Waals surface area contributed by atoms with Crippen LogP contribution in [-0.4, -0.2) is 42.0 Å². The Labute approximate surface area is 188 Å². The highest BCUT2D eigenvalue weighted by Crippen LogP contribution is 2.32. The van der Waals surface area contributed by atoms with Gasteiger partial charge in [0, 0.05) is 37.6 Å². The van der Waals surface area contributed by atoms with Gasteiger partial charge in [-0.3, -0.25) is 9.69 Å². The summed E-state index contributed by atoms with van der Waals surface area (Å²) in [5, 5.41) is 4.61. The lowest BCUT2D eigenvalue weighted by Crippen LogP contribution is -2.30. The molecular formula is C23H23F3N4OS. The first-order valence-electron chi connectivity index (χ1n) is 10.3. The molecular weight excluding hydrogens is 437 g/mol. The molecule has 9 heteroatoms. The zero-order valence-electron chi connectivity index (χ0n) is 17.3. The topological polar surface area (TPSA) is 48.5 Å². The van der Waals surface area contributed by atoms with Crippen LogP contribution in [0.15, 0.2) is 60.1 Å². The number of pyridine rings is 1. The van der Waals surface area contributed by atoms with E-state index in [2.05, 4.69) is 37.6 Å². The minimum absolute atomic E-state index is 0.352. The molecule has 0 bridgehead atoms. The molecule has 3 heterocycles. The van der Waals surface area contributed by atoms with Crippen LogP contribution in [0.2, 0.25) is 0 Å². The number of hydrogen-bond donors (Lipinski definition) is 1. The summed E-state index contributed by atoms with van der Waals surface area (Å²) in [6, 6.07) is 12.4. The van der Waals surface area contributed by atoms with Crippen molar-refractivity contribution in [3.63, 3.8) is 0 Å². The van der Waals surface area contributed by atoms with E-state index in [9.17, 15) is 18.0 Å². The third kappa shape index (κ3) is 5.46. The first-order chi connectivity index (χ1) is 15.4. The van der Waals surface area contributed by atoms with Gasteiger partial charge in [0.05, 0.1) is 23.0 Å². The van der Waals surface area contributed by atoms with E-state index in [0.717, 1.165) is 51.0 Å². The number of thiophene rings is 1. The average molecular weight is 461 g/mol. The maximum Gasteiger partial charge on any atom is 0.417 e. The quantitative estimate of drug-likeness (QED) is 0.574. The second-order valence-corrected chi connectivity index (χ2v) is 8.63. The molecule has 1 N–H and O–H groups in total. The molecule has 168 valence electrons. The van der Waals surface area contributed by atoms with Crippen molar-refractivity contribution in [1.29, 1.82) is 0 Å². The van der Waals surface area contributed by atoms with E-state index in [1.807, 2.05) is 0 Å². The Bertz CT molecular complexity index is 1040. The van der Waals surface area contributed by atoms with Crippen molar-refractivity contribution in [1.82, 2.24) is 9.88 Å². The largest absolute Gasteiger partial charge is 0.417 e. The minimum Gasteiger partial charge on any atom is -0.355 e. The summed E-state index contributed by atoms with van der Waals surface area (Å²) in [5.41, 5.74) is -1.02. The summed E-state index contributed by atoms with van der Waals surface area (Å²) >= 11 is 1.76. The third-order valence-corrected chi connectivity index (χ3v) is 6.22. The molecule has 0 saturated carbocycles. The van der Waals surface area contributed by atoms with Crippen molar-refractivity contribution >= 4 is 28.7 Å². The molecule has 5 nitrogen and oxygen atoms in total. The van der Waals surface area contributed by atoms with Crippen LogP contribution < -0.4 is 10.2 Å². The summed E-state index contributed by atoms with van der Waals surface area (Å²) < 4.78 is 39.5. The van der Waals surface area contributed by atoms with Crippen LogP contribution >= 0.6 is 11.3 Å². The summed E-state index contributed by atoms with van der Waals surface area (Å²) in [7, 11) is 0. The smallest absolute Gasteiger partial charge is 0.355 e. The van der Waals surface area contributed by atoms with Crippen LogP contribution in [0.3, 0.4) is 0 Å². The Morgan fingerprint density at radius 1 is 1.03 bits per heavy atom. The number of aromatic nitrogens is 1. The molecule has 1 fully saturated rings. The zero-order valence-corrected chi connectivity index (χ0v) is 18.1. The summed E-state index contributed by atoms with van der Waals surface area (Å²) in [4.78, 5) is 22.8. The van der Waals surface area contributed by atoms with Gasteiger partial charge in [-0.25, -0.2) is 4.98 Å². The molecule has 1 aliphatic heterocycles. The first kappa shape index (κ1) is 22.3. The molecule has 1 aliphatic rings. The van der Waals surface area contributed by atoms with E-state index in [1.54, 1.807) is 23.5 Å². The second kappa shape index (κ2) is 9.70. The summed E-state index contributed by atoms with van der Waals surface area (Å²) in [5.74, 6) is -0.0249. The predicted molar refractivity (Wildman–Crippen MR) is 120 cm³/mol. The number of rotatable bonds is 5. The fourth-order valence-corrected chi connectivity index (χ4v) is 4.50. The molecule has 4 rings (SSSR count). The van der Waals surface area contributed by atoms with E-state index in [-0.39, 0.29) is 0 Å². The van der Waals surface area contributed by atoms with Gasteiger partial charge in [-0.05, 0) is 42.1 Å². The van der Waals surface area contributed by atoms with E-state index in [1.165, 1.54) is 29.3 Å². The maximum atomic E-state index is 13.2. The molecule has 1 saturated heterocycles. The SMILES string of the molecule is O=C(Nc1ccc(N2CCCN(Cc3cccs3)CC2)nc1)c1ccccc1C(F)(F)F. The molecule has 0 aliphatic carbocycles. The summed E-state index contributed by atoms with van der Waals surface area (Å²) in [6.07, 6.45) is -2.10. The fourth-order valence-electron chi connectivity index (χ4n) is 3.75. The van der Waals surface area contributed by atoms with Gasteiger partial charge in [-0.2, -0.15) is 13.2 Å². The van der Waals surface area contributed by atoms with Crippen molar-refractivity contribution in [2.75, 3.05) is 36.4 Å².